The molecule has 290 valence electrons. The van der Waals surface area contributed by atoms with Crippen LogP contribution in [0.15, 0.2) is 72.8 Å². The van der Waals surface area contributed by atoms with E-state index in [2.05, 4.69) is 87.5 Å². The van der Waals surface area contributed by atoms with E-state index in [1.807, 2.05) is 14.1 Å². The fourth-order valence-corrected chi connectivity index (χ4v) is 5.75. The summed E-state index contributed by atoms with van der Waals surface area (Å²) in [6, 6.07) is 25.9. The molecule has 3 rings (SSSR count). The highest BCUT2D eigenvalue weighted by atomic mass is 16.5. The molecule has 4 N–H and O–H groups in total. The minimum atomic E-state index is -0.521. The van der Waals surface area contributed by atoms with E-state index in [0.29, 0.717) is 52.6 Å². The zero-order valence-electron chi connectivity index (χ0n) is 32.1. The largest absolute Gasteiger partial charge is 0.391 e. The number of aliphatic hydroxyl groups is 4. The first-order chi connectivity index (χ1) is 24.9. The van der Waals surface area contributed by atoms with E-state index in [4.69, 9.17) is 18.9 Å². The van der Waals surface area contributed by atoms with Crippen molar-refractivity contribution >= 4 is 17.1 Å². The summed E-state index contributed by atoms with van der Waals surface area (Å²) in [6.07, 6.45) is -2.08. The summed E-state index contributed by atoms with van der Waals surface area (Å²) in [5.41, 5.74) is 6.68. The number of rotatable bonds is 26. The third-order valence-electron chi connectivity index (χ3n) is 8.38. The molecule has 4 unspecified atom stereocenters. The Bertz CT molecular complexity index is 1240. The molecule has 0 heterocycles. The second-order valence-electron chi connectivity index (χ2n) is 13.8. The van der Waals surface area contributed by atoms with Crippen LogP contribution in [-0.2, 0) is 18.9 Å². The Labute approximate surface area is 311 Å². The maximum absolute atomic E-state index is 9.62. The molecule has 0 saturated heterocycles. The molecule has 0 radical (unpaired) electrons. The summed E-state index contributed by atoms with van der Waals surface area (Å²) in [4.78, 5) is 6.50. The number of anilines is 3. The van der Waals surface area contributed by atoms with Gasteiger partial charge in [0, 0.05) is 63.3 Å². The number of hydrogen-bond donors (Lipinski definition) is 4. The quantitative estimate of drug-likeness (QED) is 0.0705. The Morgan fingerprint density at radius 2 is 0.673 bits per heavy atom. The maximum Gasteiger partial charge on any atom is 0.0745 e. The van der Waals surface area contributed by atoms with E-state index in [0.717, 1.165) is 28.2 Å². The predicted molar refractivity (Wildman–Crippen MR) is 209 cm³/mol. The lowest BCUT2D eigenvalue weighted by Gasteiger charge is -2.27. The molecule has 0 amide bonds. The molecular weight excluding hydrogens is 662 g/mol. The Morgan fingerprint density at radius 1 is 0.423 bits per heavy atom. The average Bonchev–Trinajstić information content (AvgIpc) is 3.11. The number of nitrogens with zero attached hydrogens (tertiary/aromatic N) is 3. The van der Waals surface area contributed by atoms with Gasteiger partial charge in [0.2, 0.25) is 0 Å². The number of ether oxygens (including phenoxy) is 4. The minimum absolute atomic E-state index is 0.0197. The van der Waals surface area contributed by atoms with Gasteiger partial charge in [0.15, 0.2) is 0 Å². The summed E-state index contributed by atoms with van der Waals surface area (Å²) in [5.74, 6) is -0.0197. The van der Waals surface area contributed by atoms with Gasteiger partial charge in [-0.25, -0.2) is 0 Å². The van der Waals surface area contributed by atoms with Crippen LogP contribution in [0, 0.1) is 0 Å². The molecule has 0 bridgehead atoms. The fraction of sp³-hybridized carbons (Fsp3) is 0.561. The molecule has 4 atom stereocenters. The van der Waals surface area contributed by atoms with Gasteiger partial charge < -0.3 is 54.1 Å². The van der Waals surface area contributed by atoms with E-state index in [-0.39, 0.29) is 32.3 Å². The van der Waals surface area contributed by atoms with Gasteiger partial charge in [0.05, 0.1) is 77.3 Å². The third-order valence-corrected chi connectivity index (χ3v) is 8.38. The van der Waals surface area contributed by atoms with Crippen LogP contribution in [0.25, 0.3) is 0 Å². The van der Waals surface area contributed by atoms with Gasteiger partial charge in [0.25, 0.3) is 0 Å². The molecule has 0 saturated carbocycles. The van der Waals surface area contributed by atoms with Crippen LogP contribution in [0.4, 0.5) is 17.1 Å². The molecule has 11 heteroatoms. The van der Waals surface area contributed by atoms with Crippen molar-refractivity contribution in [3.8, 4) is 0 Å². The zero-order chi connectivity index (χ0) is 37.9. The van der Waals surface area contributed by atoms with E-state index >= 15 is 0 Å². The minimum Gasteiger partial charge on any atom is -0.391 e. The second kappa shape index (κ2) is 23.4. The zero-order valence-corrected chi connectivity index (χ0v) is 32.1. The Kier molecular flexibility index (Phi) is 19.4. The van der Waals surface area contributed by atoms with Crippen molar-refractivity contribution in [3.05, 3.63) is 89.5 Å². The first kappa shape index (κ1) is 43.1. The average molecular weight is 726 g/mol. The van der Waals surface area contributed by atoms with Gasteiger partial charge in [-0.3, -0.25) is 0 Å². The van der Waals surface area contributed by atoms with Crippen molar-refractivity contribution in [3.63, 3.8) is 0 Å². The number of hydrogen-bond acceptors (Lipinski definition) is 11. The molecule has 0 fully saturated rings. The summed E-state index contributed by atoms with van der Waals surface area (Å²) >= 11 is 0. The van der Waals surface area contributed by atoms with Crippen molar-refractivity contribution in [1.29, 1.82) is 0 Å². The molecule has 11 nitrogen and oxygen atoms in total. The van der Waals surface area contributed by atoms with Gasteiger partial charge in [-0.2, -0.15) is 0 Å². The monoisotopic (exact) mass is 725 g/mol. The van der Waals surface area contributed by atoms with E-state index in [9.17, 15) is 20.4 Å². The van der Waals surface area contributed by atoms with Gasteiger partial charge in [0.1, 0.15) is 0 Å². The summed E-state index contributed by atoms with van der Waals surface area (Å²) < 4.78 is 22.7. The lowest BCUT2D eigenvalue weighted by atomic mass is 9.85. The number of aliphatic hydroxyl groups excluding tert-OH is 4. The molecular formula is C41H63N3O8. The van der Waals surface area contributed by atoms with Crippen LogP contribution in [0.1, 0.15) is 50.3 Å². The van der Waals surface area contributed by atoms with Crippen LogP contribution in [0.2, 0.25) is 0 Å². The molecule has 3 aromatic carbocycles. The van der Waals surface area contributed by atoms with Crippen LogP contribution in [-0.4, -0.2) is 138 Å². The molecule has 0 aromatic heterocycles. The molecule has 0 spiro atoms. The van der Waals surface area contributed by atoms with E-state index < -0.39 is 24.4 Å². The topological polar surface area (TPSA) is 128 Å². The molecule has 0 aliphatic rings. The first-order valence-electron chi connectivity index (χ1n) is 18.4. The summed E-state index contributed by atoms with van der Waals surface area (Å²) in [6.45, 7) is 12.3. The Morgan fingerprint density at radius 3 is 0.904 bits per heavy atom. The van der Waals surface area contributed by atoms with Crippen molar-refractivity contribution in [2.75, 3.05) is 108 Å². The second-order valence-corrected chi connectivity index (χ2v) is 13.8. The maximum atomic E-state index is 9.62. The Balaban J connectivity index is 1.89. The molecule has 0 aliphatic carbocycles. The van der Waals surface area contributed by atoms with E-state index in [1.54, 1.807) is 27.7 Å². The highest BCUT2D eigenvalue weighted by molar-refractivity contribution is 5.56. The standard InChI is InChI=1S/C41H63N3O8/c1-31(45)27-49-23-19-43(20-24-50-28-32(2)46)39-15-9-36(10-16-39)41(35-7-13-38(14-8-35)42(5)6)37-11-17-40(18-12-37)44(21-25-51-29-33(3)47)22-26-52-30-34(4)48/h7-18,31-34,41,45-48H,19-30H2,1-6H3. The van der Waals surface area contributed by atoms with Gasteiger partial charge in [-0.1, -0.05) is 36.4 Å². The van der Waals surface area contributed by atoms with Crippen molar-refractivity contribution in [2.45, 2.75) is 58.0 Å². The number of benzene rings is 3. The van der Waals surface area contributed by atoms with Gasteiger partial charge in [-0.15, -0.1) is 0 Å². The normalized spacial score (nSPS) is 14.4. The summed E-state index contributed by atoms with van der Waals surface area (Å²) in [7, 11) is 4.08. The molecule has 52 heavy (non-hydrogen) atoms. The van der Waals surface area contributed by atoms with Crippen LogP contribution >= 0.6 is 0 Å². The third kappa shape index (κ3) is 15.8. The van der Waals surface area contributed by atoms with Gasteiger partial charge in [-0.05, 0) is 80.8 Å². The predicted octanol–water partition coefficient (Wildman–Crippen LogP) is 4.14. The highest BCUT2D eigenvalue weighted by Gasteiger charge is 2.19. The molecule has 0 aliphatic heterocycles. The highest BCUT2D eigenvalue weighted by Crippen LogP contribution is 2.35. The van der Waals surface area contributed by atoms with Crippen LogP contribution in [0.3, 0.4) is 0 Å². The van der Waals surface area contributed by atoms with Crippen molar-refractivity contribution in [1.82, 2.24) is 0 Å². The fourth-order valence-electron chi connectivity index (χ4n) is 5.75. The summed E-state index contributed by atoms with van der Waals surface area (Å²) in [5, 5.41) is 38.5. The van der Waals surface area contributed by atoms with Crippen LogP contribution < -0.4 is 14.7 Å². The SMILES string of the molecule is CC(O)COCCN(CCOCC(C)O)c1ccc(C(c2ccc(N(C)C)cc2)c2ccc(N(CCOCC(C)O)CCOCC(C)O)cc2)cc1. The lowest BCUT2D eigenvalue weighted by Crippen LogP contribution is -2.32. The van der Waals surface area contributed by atoms with E-state index in [1.165, 1.54) is 5.56 Å². The molecule has 3 aromatic rings. The lowest BCUT2D eigenvalue weighted by molar-refractivity contribution is 0.0437. The Hall–Kier alpha value is -3.26. The van der Waals surface area contributed by atoms with Crippen molar-refractivity contribution in [2.24, 2.45) is 0 Å². The van der Waals surface area contributed by atoms with Crippen LogP contribution in [0.5, 0.6) is 0 Å². The first-order valence-corrected chi connectivity index (χ1v) is 18.4. The smallest absolute Gasteiger partial charge is 0.0745 e. The van der Waals surface area contributed by atoms with Crippen molar-refractivity contribution < 1.29 is 39.4 Å². The van der Waals surface area contributed by atoms with Gasteiger partial charge >= 0.3 is 0 Å².